The Morgan fingerprint density at radius 2 is 1.91 bits per heavy atom. The van der Waals surface area contributed by atoms with Crippen molar-refractivity contribution in [3.8, 4) is 0 Å². The van der Waals surface area contributed by atoms with Crippen molar-refractivity contribution in [1.82, 2.24) is 30.1 Å². The van der Waals surface area contributed by atoms with Gasteiger partial charge in [0, 0.05) is 18.5 Å². The van der Waals surface area contributed by atoms with E-state index in [9.17, 15) is 9.59 Å². The topological polar surface area (TPSA) is 114 Å². The van der Waals surface area contributed by atoms with Crippen molar-refractivity contribution in [2.75, 3.05) is 17.6 Å². The third-order valence-corrected chi connectivity index (χ3v) is 6.97. The fourth-order valence-electron chi connectivity index (χ4n) is 3.41. The molecule has 3 aromatic heterocycles. The predicted octanol–water partition coefficient (Wildman–Crippen LogP) is 3.75. The molecule has 2 amide bonds. The highest BCUT2D eigenvalue weighted by atomic mass is 32.2. The van der Waals surface area contributed by atoms with Gasteiger partial charge in [-0.3, -0.25) is 9.59 Å². The highest BCUT2D eigenvalue weighted by Crippen LogP contribution is 2.27. The van der Waals surface area contributed by atoms with Gasteiger partial charge in [-0.1, -0.05) is 47.4 Å². The number of thioether (sulfide) groups is 1. The molecule has 0 radical (unpaired) electrons. The van der Waals surface area contributed by atoms with E-state index in [4.69, 9.17) is 0 Å². The van der Waals surface area contributed by atoms with E-state index in [1.807, 2.05) is 49.4 Å². The van der Waals surface area contributed by atoms with Crippen molar-refractivity contribution < 1.29 is 9.59 Å². The van der Waals surface area contributed by atoms with Gasteiger partial charge in [-0.2, -0.15) is 9.61 Å². The second-order valence-corrected chi connectivity index (χ2v) is 9.78. The molecular weight excluding hydrogens is 482 g/mol. The molecule has 0 aliphatic rings. The van der Waals surface area contributed by atoms with Crippen LogP contribution >= 0.6 is 23.1 Å². The first-order chi connectivity index (χ1) is 17.0. The number of aryl methyl sites for hydroxylation is 1. The molecule has 9 nitrogen and oxygen atoms in total. The van der Waals surface area contributed by atoms with E-state index in [1.165, 1.54) is 23.1 Å². The normalized spacial score (nSPS) is 11.1. The van der Waals surface area contributed by atoms with Crippen LogP contribution in [-0.4, -0.2) is 48.9 Å². The Morgan fingerprint density at radius 1 is 1.06 bits per heavy atom. The van der Waals surface area contributed by atoms with E-state index in [0.29, 0.717) is 40.2 Å². The lowest BCUT2D eigenvalue weighted by Gasteiger charge is -2.05. The number of carbonyl (C=O) groups is 2. The van der Waals surface area contributed by atoms with Crippen LogP contribution in [0, 0.1) is 6.92 Å². The smallest absolute Gasteiger partial charge is 0.251 e. The van der Waals surface area contributed by atoms with Crippen LogP contribution in [0.1, 0.15) is 21.7 Å². The molecule has 0 aliphatic heterocycles. The highest BCUT2D eigenvalue weighted by Gasteiger charge is 2.12. The summed E-state index contributed by atoms with van der Waals surface area (Å²) < 4.78 is 2.69. The number of thiazole rings is 1. The van der Waals surface area contributed by atoms with Crippen LogP contribution in [-0.2, 0) is 11.2 Å². The largest absolute Gasteiger partial charge is 0.352 e. The zero-order valence-electron chi connectivity index (χ0n) is 18.8. The van der Waals surface area contributed by atoms with Gasteiger partial charge in [-0.25, -0.2) is 4.98 Å². The number of amides is 2. The lowest BCUT2D eigenvalue weighted by molar-refractivity contribution is -0.113. The standard InChI is InChI=1S/C24H21N7O2S2/c1-15-7-8-17-18(13-15)35-24(26-17)27-21(32)14-34-22-10-9-19-28-29-20(31(19)30-22)11-12-25-23(33)16-5-3-2-4-6-16/h2-10,13H,11-12,14H2,1H3,(H,25,33)(H,26,27,32). The second kappa shape index (κ2) is 10.2. The summed E-state index contributed by atoms with van der Waals surface area (Å²) in [6.45, 7) is 2.43. The lowest BCUT2D eigenvalue weighted by Crippen LogP contribution is -2.26. The average Bonchev–Trinajstić information content (AvgIpc) is 3.46. The van der Waals surface area contributed by atoms with Crippen molar-refractivity contribution >= 4 is 55.9 Å². The van der Waals surface area contributed by atoms with E-state index in [1.54, 1.807) is 16.6 Å². The predicted molar refractivity (Wildman–Crippen MR) is 137 cm³/mol. The molecule has 0 spiro atoms. The lowest BCUT2D eigenvalue weighted by atomic mass is 10.2. The summed E-state index contributed by atoms with van der Waals surface area (Å²) in [6, 6.07) is 18.7. The summed E-state index contributed by atoms with van der Waals surface area (Å²) in [6.07, 6.45) is 0.471. The molecule has 0 atom stereocenters. The van der Waals surface area contributed by atoms with Crippen LogP contribution < -0.4 is 10.6 Å². The van der Waals surface area contributed by atoms with Crippen LogP contribution in [0.2, 0.25) is 0 Å². The summed E-state index contributed by atoms with van der Waals surface area (Å²) in [5.41, 5.74) is 3.24. The van der Waals surface area contributed by atoms with Gasteiger partial charge < -0.3 is 10.6 Å². The van der Waals surface area contributed by atoms with Gasteiger partial charge in [-0.05, 0) is 48.9 Å². The molecule has 0 unspecified atom stereocenters. The first-order valence-electron chi connectivity index (χ1n) is 10.9. The number of nitrogens with one attached hydrogen (secondary N) is 2. The summed E-state index contributed by atoms with van der Waals surface area (Å²) >= 11 is 2.77. The van der Waals surface area contributed by atoms with Crippen molar-refractivity contribution in [3.63, 3.8) is 0 Å². The quantitative estimate of drug-likeness (QED) is 0.310. The molecule has 3 heterocycles. The first-order valence-corrected chi connectivity index (χ1v) is 12.7. The van der Waals surface area contributed by atoms with Gasteiger partial charge in [0.25, 0.3) is 5.91 Å². The van der Waals surface area contributed by atoms with Crippen molar-refractivity contribution in [2.24, 2.45) is 0 Å². The Kier molecular flexibility index (Phi) is 6.68. The third-order valence-electron chi connectivity index (χ3n) is 5.11. The van der Waals surface area contributed by atoms with Crippen molar-refractivity contribution in [1.29, 1.82) is 0 Å². The molecule has 5 aromatic rings. The number of hydrogen-bond acceptors (Lipinski definition) is 8. The van der Waals surface area contributed by atoms with Crippen LogP contribution in [0.15, 0.2) is 65.7 Å². The monoisotopic (exact) mass is 503 g/mol. The molecule has 0 fully saturated rings. The summed E-state index contributed by atoms with van der Waals surface area (Å²) in [5, 5.41) is 19.9. The Labute approximate surface area is 209 Å². The molecule has 176 valence electrons. The van der Waals surface area contributed by atoms with Gasteiger partial charge in [0.1, 0.15) is 5.03 Å². The fraction of sp³-hybridized carbons (Fsp3) is 0.167. The first kappa shape index (κ1) is 22.9. The Morgan fingerprint density at radius 3 is 2.77 bits per heavy atom. The molecule has 2 N–H and O–H groups in total. The number of benzene rings is 2. The fourth-order valence-corrected chi connectivity index (χ4v) is 5.04. The SMILES string of the molecule is Cc1ccc2nc(NC(=O)CSc3ccc4nnc(CCNC(=O)c5ccccc5)n4n3)sc2c1. The maximum atomic E-state index is 12.5. The van der Waals surface area contributed by atoms with Gasteiger partial charge in [0.2, 0.25) is 5.91 Å². The van der Waals surface area contributed by atoms with E-state index < -0.39 is 0 Å². The summed E-state index contributed by atoms with van der Waals surface area (Å²) in [7, 11) is 0. The van der Waals surface area contributed by atoms with Gasteiger partial charge >= 0.3 is 0 Å². The Bertz CT molecular complexity index is 1510. The van der Waals surface area contributed by atoms with E-state index in [0.717, 1.165) is 15.8 Å². The number of aromatic nitrogens is 5. The number of anilines is 1. The maximum Gasteiger partial charge on any atom is 0.251 e. The number of fused-ring (bicyclic) bond motifs is 2. The minimum Gasteiger partial charge on any atom is -0.352 e. The molecule has 2 aromatic carbocycles. The van der Waals surface area contributed by atoms with E-state index in [-0.39, 0.29) is 17.6 Å². The number of nitrogens with zero attached hydrogens (tertiary/aromatic N) is 5. The molecule has 5 rings (SSSR count). The summed E-state index contributed by atoms with van der Waals surface area (Å²) in [5.74, 6) is 0.529. The van der Waals surface area contributed by atoms with Gasteiger partial charge in [0.15, 0.2) is 16.6 Å². The van der Waals surface area contributed by atoms with Crippen LogP contribution in [0.5, 0.6) is 0 Å². The number of hydrogen-bond donors (Lipinski definition) is 2. The molecule has 0 aliphatic carbocycles. The molecule has 0 saturated carbocycles. The van der Waals surface area contributed by atoms with E-state index >= 15 is 0 Å². The number of carbonyl (C=O) groups excluding carboxylic acids is 2. The zero-order chi connectivity index (χ0) is 24.2. The molecular formula is C24H21N7O2S2. The minimum atomic E-state index is -0.153. The van der Waals surface area contributed by atoms with Crippen molar-refractivity contribution in [2.45, 2.75) is 18.4 Å². The molecule has 35 heavy (non-hydrogen) atoms. The molecule has 0 bridgehead atoms. The van der Waals surface area contributed by atoms with Gasteiger partial charge in [-0.15, -0.1) is 10.2 Å². The van der Waals surface area contributed by atoms with Crippen molar-refractivity contribution in [3.05, 3.63) is 77.6 Å². The average molecular weight is 504 g/mol. The van der Waals surface area contributed by atoms with E-state index in [2.05, 4.69) is 37.0 Å². The Balaban J connectivity index is 1.18. The minimum absolute atomic E-state index is 0.141. The van der Waals surface area contributed by atoms with Crippen LogP contribution in [0.4, 0.5) is 5.13 Å². The highest BCUT2D eigenvalue weighted by molar-refractivity contribution is 7.99. The second-order valence-electron chi connectivity index (χ2n) is 7.76. The Hall–Kier alpha value is -3.83. The molecule has 11 heteroatoms. The number of rotatable bonds is 8. The zero-order valence-corrected chi connectivity index (χ0v) is 20.4. The maximum absolute atomic E-state index is 12.5. The third kappa shape index (κ3) is 5.47. The van der Waals surface area contributed by atoms with Crippen LogP contribution in [0.25, 0.3) is 15.9 Å². The van der Waals surface area contributed by atoms with Crippen LogP contribution in [0.3, 0.4) is 0 Å². The van der Waals surface area contributed by atoms with Gasteiger partial charge in [0.05, 0.1) is 16.0 Å². The molecule has 0 saturated heterocycles. The summed E-state index contributed by atoms with van der Waals surface area (Å²) in [4.78, 5) is 29.2.